The third-order valence-corrected chi connectivity index (χ3v) is 12.0. The molecule has 0 bridgehead atoms. The lowest BCUT2D eigenvalue weighted by Gasteiger charge is -2.67. The minimum absolute atomic E-state index is 0.0857. The van der Waals surface area contributed by atoms with Crippen molar-refractivity contribution in [2.45, 2.75) is 70.9 Å². The quantitative estimate of drug-likeness (QED) is 0.570. The Bertz CT molecular complexity index is 1170. The zero-order chi connectivity index (χ0) is 26.4. The van der Waals surface area contributed by atoms with Crippen molar-refractivity contribution in [1.82, 2.24) is 4.90 Å². The van der Waals surface area contributed by atoms with Gasteiger partial charge in [-0.3, -0.25) is 9.69 Å². The predicted octanol–water partition coefficient (Wildman–Crippen LogP) is 4.81. The van der Waals surface area contributed by atoms with Crippen LogP contribution in [0.15, 0.2) is 54.1 Å². The van der Waals surface area contributed by atoms with Crippen LogP contribution < -0.4 is 0 Å². The highest BCUT2D eigenvalue weighted by Crippen LogP contribution is 2.79. The summed E-state index contributed by atoms with van der Waals surface area (Å²) in [4.78, 5) is 15.9. The molecule has 1 aromatic carbocycles. The van der Waals surface area contributed by atoms with Gasteiger partial charge in [-0.15, -0.1) is 0 Å². The molecule has 200 valence electrons. The highest BCUT2D eigenvalue weighted by molar-refractivity contribution is 5.88. The summed E-state index contributed by atoms with van der Waals surface area (Å²) in [6.07, 6.45) is 5.03. The summed E-state index contributed by atoms with van der Waals surface area (Å²) in [7, 11) is 0. The normalized spacial score (nSPS) is 48.6. The minimum atomic E-state index is -1.93. The van der Waals surface area contributed by atoms with Gasteiger partial charge in [0.05, 0.1) is 17.6 Å². The van der Waals surface area contributed by atoms with Crippen LogP contribution in [0.4, 0.5) is 8.78 Å². The van der Waals surface area contributed by atoms with Crippen LogP contribution in [0.2, 0.25) is 0 Å². The fourth-order valence-electron chi connectivity index (χ4n) is 10.1. The number of likely N-dealkylation sites (tertiary alicyclic amines) is 1. The molecule has 4 aliphatic carbocycles. The van der Waals surface area contributed by atoms with Crippen LogP contribution in [-0.2, 0) is 11.3 Å². The minimum Gasteiger partial charge on any atom is -0.390 e. The molecule has 5 aliphatic rings. The smallest absolute Gasteiger partial charge is 0.172 e. The number of hydrogen-bond acceptors (Lipinski definition) is 4. The van der Waals surface area contributed by atoms with Gasteiger partial charge in [0.15, 0.2) is 11.5 Å². The Morgan fingerprint density at radius 3 is 2.57 bits per heavy atom. The third kappa shape index (κ3) is 2.95. The first kappa shape index (κ1) is 25.4. The summed E-state index contributed by atoms with van der Waals surface area (Å²) >= 11 is 0. The number of ketones is 1. The van der Waals surface area contributed by atoms with E-state index >= 15 is 4.39 Å². The van der Waals surface area contributed by atoms with Crippen LogP contribution >= 0.6 is 0 Å². The molecule has 1 aromatic rings. The van der Waals surface area contributed by atoms with Gasteiger partial charge in [-0.1, -0.05) is 68.0 Å². The first-order valence-corrected chi connectivity index (χ1v) is 13.8. The van der Waals surface area contributed by atoms with E-state index in [-0.39, 0.29) is 18.1 Å². The fourth-order valence-corrected chi connectivity index (χ4v) is 10.1. The van der Waals surface area contributed by atoms with Crippen LogP contribution in [0, 0.1) is 33.5 Å². The van der Waals surface area contributed by atoms with Gasteiger partial charge >= 0.3 is 0 Å². The molecule has 1 heterocycles. The lowest BCUT2D eigenvalue weighted by atomic mass is 9.38. The van der Waals surface area contributed by atoms with Crippen molar-refractivity contribution in [3.8, 4) is 0 Å². The summed E-state index contributed by atoms with van der Waals surface area (Å²) in [6.45, 7) is 6.77. The van der Waals surface area contributed by atoms with Gasteiger partial charge in [-0.05, 0) is 54.9 Å². The molecule has 9 unspecified atom stereocenters. The van der Waals surface area contributed by atoms with Crippen molar-refractivity contribution in [3.05, 3.63) is 59.7 Å². The molecule has 6 heteroatoms. The number of fused-ring (bicyclic) bond motifs is 7. The molecule has 4 nitrogen and oxygen atoms in total. The number of aliphatic hydroxyl groups is 2. The van der Waals surface area contributed by atoms with E-state index in [4.69, 9.17) is 0 Å². The highest BCUT2D eigenvalue weighted by Gasteiger charge is 2.81. The van der Waals surface area contributed by atoms with E-state index in [0.29, 0.717) is 38.9 Å². The summed E-state index contributed by atoms with van der Waals surface area (Å²) in [5, 5.41) is 21.9. The zero-order valence-electron chi connectivity index (χ0n) is 22.1. The molecule has 0 spiro atoms. The van der Waals surface area contributed by atoms with Crippen molar-refractivity contribution in [1.29, 1.82) is 0 Å². The van der Waals surface area contributed by atoms with E-state index in [1.807, 2.05) is 32.0 Å². The summed E-state index contributed by atoms with van der Waals surface area (Å²) < 4.78 is 32.0. The Labute approximate surface area is 218 Å². The second-order valence-corrected chi connectivity index (χ2v) is 13.2. The maximum atomic E-state index is 17.7. The molecule has 1 saturated heterocycles. The van der Waals surface area contributed by atoms with Gasteiger partial charge in [0.25, 0.3) is 0 Å². The SMILES string of the molecule is CC12C=CC(O)C=C1CCC1C3(C)CC4CN(Cc5ccccc5)CC4(C(=O)CF)C3(C)CC(O)C12F. The van der Waals surface area contributed by atoms with Gasteiger partial charge in [-0.25, -0.2) is 8.78 Å². The number of benzene rings is 1. The molecule has 0 radical (unpaired) electrons. The number of rotatable bonds is 4. The van der Waals surface area contributed by atoms with E-state index in [1.165, 1.54) is 0 Å². The van der Waals surface area contributed by atoms with E-state index in [9.17, 15) is 19.4 Å². The molecule has 37 heavy (non-hydrogen) atoms. The number of nitrogens with zero attached hydrogens (tertiary/aromatic N) is 1. The van der Waals surface area contributed by atoms with Gasteiger partial charge in [0.1, 0.15) is 6.67 Å². The maximum absolute atomic E-state index is 17.7. The average molecular weight is 512 g/mol. The molecule has 3 saturated carbocycles. The largest absolute Gasteiger partial charge is 0.390 e. The number of Topliss-reactive ketones (excluding diaryl/α,β-unsaturated/α-hetero) is 1. The molecular weight excluding hydrogens is 472 g/mol. The Kier molecular flexibility index (Phi) is 5.53. The summed E-state index contributed by atoms with van der Waals surface area (Å²) in [6, 6.07) is 10.1. The van der Waals surface area contributed by atoms with Crippen LogP contribution in [0.5, 0.6) is 0 Å². The van der Waals surface area contributed by atoms with Gasteiger partial charge < -0.3 is 10.2 Å². The zero-order valence-corrected chi connectivity index (χ0v) is 22.1. The number of carbonyl (C=O) groups excluding carboxylic acids is 1. The molecule has 1 aliphatic heterocycles. The number of halogens is 2. The number of hydrogen-bond donors (Lipinski definition) is 2. The monoisotopic (exact) mass is 511 g/mol. The second-order valence-electron chi connectivity index (χ2n) is 13.2. The number of allylic oxidation sites excluding steroid dienone is 2. The molecule has 0 aromatic heterocycles. The summed E-state index contributed by atoms with van der Waals surface area (Å²) in [5.74, 6) is -0.952. The van der Waals surface area contributed by atoms with Crippen LogP contribution in [0.1, 0.15) is 52.0 Å². The number of carbonyl (C=O) groups is 1. The Morgan fingerprint density at radius 2 is 1.86 bits per heavy atom. The standard InChI is InChI=1S/C31H39F2NO3/c1-27-12-11-23(35)13-21(27)9-10-24-28(2)14-22-18-34(17-20-7-5-4-6-8-20)19-30(22,26(37)16-32)29(28,3)15-25(36)31(24,27)33/h4-8,11-13,22-25,35-36H,9-10,14-19H2,1-3H3. The molecule has 2 N–H and O–H groups in total. The molecule has 6 rings (SSSR count). The molecule has 9 atom stereocenters. The Balaban J connectivity index is 1.42. The number of aliphatic hydroxyl groups excluding tert-OH is 2. The molecule has 0 amide bonds. The van der Waals surface area contributed by atoms with E-state index in [2.05, 4.69) is 24.0 Å². The van der Waals surface area contributed by atoms with Crippen LogP contribution in [0.25, 0.3) is 0 Å². The average Bonchev–Trinajstić information content (AvgIpc) is 3.30. The lowest BCUT2D eigenvalue weighted by molar-refractivity contribution is -0.237. The Hall–Kier alpha value is -1.89. The fraction of sp³-hybridized carbons (Fsp3) is 0.645. The highest BCUT2D eigenvalue weighted by atomic mass is 19.1. The van der Waals surface area contributed by atoms with Gasteiger partial charge in [0, 0.05) is 31.0 Å². The van der Waals surface area contributed by atoms with Crippen molar-refractivity contribution >= 4 is 5.78 Å². The van der Waals surface area contributed by atoms with Gasteiger partial charge in [-0.2, -0.15) is 0 Å². The van der Waals surface area contributed by atoms with Crippen LogP contribution in [-0.4, -0.2) is 58.5 Å². The van der Waals surface area contributed by atoms with Crippen molar-refractivity contribution in [2.75, 3.05) is 19.8 Å². The molecular formula is C31H39F2NO3. The maximum Gasteiger partial charge on any atom is 0.172 e. The third-order valence-electron chi connectivity index (χ3n) is 12.0. The topological polar surface area (TPSA) is 60.8 Å². The summed E-state index contributed by atoms with van der Waals surface area (Å²) in [5.41, 5.74) is -3.23. The van der Waals surface area contributed by atoms with Crippen molar-refractivity contribution in [3.63, 3.8) is 0 Å². The molecule has 4 fully saturated rings. The second kappa shape index (κ2) is 8.06. The first-order valence-electron chi connectivity index (χ1n) is 13.8. The first-order chi connectivity index (χ1) is 17.5. The van der Waals surface area contributed by atoms with Crippen molar-refractivity contribution < 1.29 is 23.8 Å². The van der Waals surface area contributed by atoms with E-state index in [0.717, 1.165) is 11.1 Å². The lowest BCUT2D eigenvalue weighted by Crippen LogP contribution is -2.71. The van der Waals surface area contributed by atoms with E-state index in [1.54, 1.807) is 18.2 Å². The number of alkyl halides is 2. The van der Waals surface area contributed by atoms with Gasteiger partial charge in [0.2, 0.25) is 0 Å². The van der Waals surface area contributed by atoms with Crippen molar-refractivity contribution in [2.24, 2.45) is 33.5 Å². The van der Waals surface area contributed by atoms with Crippen LogP contribution in [0.3, 0.4) is 0 Å². The van der Waals surface area contributed by atoms with E-state index < -0.39 is 52.1 Å². The predicted molar refractivity (Wildman–Crippen MR) is 138 cm³/mol. The Morgan fingerprint density at radius 1 is 1.14 bits per heavy atom.